The molecule has 1 aromatic rings. The Hall–Kier alpha value is -1.39. The molecule has 4 nitrogen and oxygen atoms in total. The predicted molar refractivity (Wildman–Crippen MR) is 82.3 cm³/mol. The highest BCUT2D eigenvalue weighted by Gasteiger charge is 2.34. The van der Waals surface area contributed by atoms with Gasteiger partial charge in [-0.05, 0) is 30.5 Å². The van der Waals surface area contributed by atoms with Gasteiger partial charge in [0.2, 0.25) is 5.91 Å². The van der Waals surface area contributed by atoms with Crippen LogP contribution in [0, 0.1) is 5.92 Å². The number of fused-ring (bicyclic) bond motifs is 1. The number of carbonyl (C=O) groups excluding carboxylic acids is 1. The Kier molecular flexibility index (Phi) is 4.56. The van der Waals surface area contributed by atoms with Crippen molar-refractivity contribution in [1.29, 1.82) is 0 Å². The largest absolute Gasteiger partial charge is 0.379 e. The van der Waals surface area contributed by atoms with E-state index in [-0.39, 0.29) is 17.9 Å². The van der Waals surface area contributed by atoms with E-state index in [0.29, 0.717) is 19.1 Å². The van der Waals surface area contributed by atoms with E-state index in [1.165, 1.54) is 11.1 Å². The summed E-state index contributed by atoms with van der Waals surface area (Å²) in [6.07, 6.45) is 2.15. The summed E-state index contributed by atoms with van der Waals surface area (Å²) in [6, 6.07) is 8.65. The van der Waals surface area contributed by atoms with Gasteiger partial charge in [0, 0.05) is 18.5 Å². The van der Waals surface area contributed by atoms with Gasteiger partial charge in [-0.3, -0.25) is 4.79 Å². The highest BCUT2D eigenvalue weighted by atomic mass is 16.5. The number of amides is 1. The fraction of sp³-hybridized carbons (Fsp3) is 0.588. The third-order valence-electron chi connectivity index (χ3n) is 4.56. The van der Waals surface area contributed by atoms with Crippen molar-refractivity contribution < 1.29 is 9.53 Å². The predicted octanol–water partition coefficient (Wildman–Crippen LogP) is 1.46. The Morgan fingerprint density at radius 1 is 1.33 bits per heavy atom. The van der Waals surface area contributed by atoms with Gasteiger partial charge in [0.05, 0.1) is 19.1 Å². The van der Waals surface area contributed by atoms with Crippen LogP contribution in [0.2, 0.25) is 0 Å². The van der Waals surface area contributed by atoms with E-state index in [4.69, 9.17) is 4.74 Å². The monoisotopic (exact) mass is 288 g/mol. The van der Waals surface area contributed by atoms with Crippen LogP contribution < -0.4 is 10.6 Å². The van der Waals surface area contributed by atoms with Gasteiger partial charge >= 0.3 is 0 Å². The zero-order valence-electron chi connectivity index (χ0n) is 12.6. The number of hydrogen-bond acceptors (Lipinski definition) is 3. The molecular formula is C17H24N2O2. The molecule has 0 radical (unpaired) electrons. The third-order valence-corrected chi connectivity index (χ3v) is 4.56. The van der Waals surface area contributed by atoms with Gasteiger partial charge in [-0.2, -0.15) is 0 Å². The van der Waals surface area contributed by atoms with Crippen molar-refractivity contribution in [3.8, 4) is 0 Å². The Morgan fingerprint density at radius 3 is 3.00 bits per heavy atom. The van der Waals surface area contributed by atoms with E-state index in [0.717, 1.165) is 25.9 Å². The maximum atomic E-state index is 12.3. The highest BCUT2D eigenvalue weighted by Crippen LogP contribution is 2.34. The summed E-state index contributed by atoms with van der Waals surface area (Å²) in [5.74, 6) is 0.562. The van der Waals surface area contributed by atoms with Crippen molar-refractivity contribution in [2.75, 3.05) is 26.3 Å². The van der Waals surface area contributed by atoms with Crippen molar-refractivity contribution in [3.05, 3.63) is 35.4 Å². The number of hydrogen-bond donors (Lipinski definition) is 2. The minimum atomic E-state index is -0.0492. The van der Waals surface area contributed by atoms with Crippen molar-refractivity contribution in [1.82, 2.24) is 10.6 Å². The minimum absolute atomic E-state index is 0.0492. The summed E-state index contributed by atoms with van der Waals surface area (Å²) in [5, 5.41) is 6.52. The molecule has 114 valence electrons. The van der Waals surface area contributed by atoms with Gasteiger partial charge < -0.3 is 15.4 Å². The first-order chi connectivity index (χ1) is 10.3. The fourth-order valence-electron chi connectivity index (χ4n) is 3.24. The molecule has 0 spiro atoms. The van der Waals surface area contributed by atoms with E-state index in [2.05, 4.69) is 41.8 Å². The molecule has 0 aromatic heterocycles. The van der Waals surface area contributed by atoms with Crippen LogP contribution in [0.25, 0.3) is 0 Å². The summed E-state index contributed by atoms with van der Waals surface area (Å²) in [7, 11) is 0. The van der Waals surface area contributed by atoms with E-state index in [9.17, 15) is 4.79 Å². The van der Waals surface area contributed by atoms with Crippen LogP contribution in [0.15, 0.2) is 24.3 Å². The first-order valence-electron chi connectivity index (χ1n) is 7.96. The lowest BCUT2D eigenvalue weighted by Gasteiger charge is -2.30. The van der Waals surface area contributed by atoms with E-state index in [1.807, 2.05) is 0 Å². The molecule has 1 fully saturated rings. The molecule has 3 atom stereocenters. The maximum Gasteiger partial charge on any atom is 0.227 e. The van der Waals surface area contributed by atoms with E-state index in [1.54, 1.807) is 0 Å². The first kappa shape index (κ1) is 14.5. The van der Waals surface area contributed by atoms with Gasteiger partial charge in [0.25, 0.3) is 0 Å². The maximum absolute atomic E-state index is 12.3. The van der Waals surface area contributed by atoms with Gasteiger partial charge in [-0.15, -0.1) is 0 Å². The van der Waals surface area contributed by atoms with Gasteiger partial charge in [0.15, 0.2) is 0 Å². The zero-order chi connectivity index (χ0) is 14.7. The molecular weight excluding hydrogens is 264 g/mol. The van der Waals surface area contributed by atoms with Gasteiger partial charge in [-0.1, -0.05) is 31.2 Å². The number of nitrogens with one attached hydrogen (secondary N) is 2. The zero-order valence-corrected chi connectivity index (χ0v) is 12.6. The summed E-state index contributed by atoms with van der Waals surface area (Å²) in [5.41, 5.74) is 2.81. The topological polar surface area (TPSA) is 50.4 Å². The molecule has 1 saturated heterocycles. The SMILES string of the molecule is CCCNC1COCC1C(=O)NCC1Cc2ccccc21. The van der Waals surface area contributed by atoms with Crippen molar-refractivity contribution in [2.24, 2.45) is 5.92 Å². The number of benzene rings is 1. The Balaban J connectivity index is 1.48. The molecule has 3 unspecified atom stereocenters. The highest BCUT2D eigenvalue weighted by molar-refractivity contribution is 5.80. The summed E-state index contributed by atoms with van der Waals surface area (Å²) >= 11 is 0. The first-order valence-corrected chi connectivity index (χ1v) is 7.96. The molecule has 1 aliphatic heterocycles. The van der Waals surface area contributed by atoms with Crippen LogP contribution in [0.4, 0.5) is 0 Å². The molecule has 4 heteroatoms. The lowest BCUT2D eigenvalue weighted by Crippen LogP contribution is -2.45. The lowest BCUT2D eigenvalue weighted by molar-refractivity contribution is -0.125. The molecule has 2 aliphatic rings. The molecule has 1 amide bonds. The van der Waals surface area contributed by atoms with Crippen LogP contribution in [0.1, 0.15) is 30.4 Å². The second-order valence-corrected chi connectivity index (χ2v) is 6.05. The second kappa shape index (κ2) is 6.58. The lowest BCUT2D eigenvalue weighted by atomic mass is 9.77. The van der Waals surface area contributed by atoms with Gasteiger partial charge in [0.1, 0.15) is 0 Å². The van der Waals surface area contributed by atoms with Crippen LogP contribution in [0.3, 0.4) is 0 Å². The third kappa shape index (κ3) is 3.11. The second-order valence-electron chi connectivity index (χ2n) is 6.05. The number of carbonyl (C=O) groups is 1. The Bertz CT molecular complexity index is 503. The molecule has 1 aliphatic carbocycles. The van der Waals surface area contributed by atoms with Gasteiger partial charge in [-0.25, -0.2) is 0 Å². The number of ether oxygens (including phenoxy) is 1. The van der Waals surface area contributed by atoms with Crippen molar-refractivity contribution in [3.63, 3.8) is 0 Å². The van der Waals surface area contributed by atoms with Crippen molar-refractivity contribution >= 4 is 5.91 Å². The molecule has 2 N–H and O–H groups in total. The van der Waals surface area contributed by atoms with Crippen LogP contribution >= 0.6 is 0 Å². The van der Waals surface area contributed by atoms with E-state index < -0.39 is 0 Å². The number of rotatable bonds is 6. The average Bonchev–Trinajstić information content (AvgIpc) is 2.94. The average molecular weight is 288 g/mol. The van der Waals surface area contributed by atoms with Crippen molar-refractivity contribution in [2.45, 2.75) is 31.7 Å². The summed E-state index contributed by atoms with van der Waals surface area (Å²) < 4.78 is 5.47. The van der Waals surface area contributed by atoms with Crippen LogP contribution in [-0.2, 0) is 16.0 Å². The molecule has 1 aromatic carbocycles. The molecule has 3 rings (SSSR count). The minimum Gasteiger partial charge on any atom is -0.379 e. The normalized spacial score (nSPS) is 27.0. The molecule has 0 bridgehead atoms. The quantitative estimate of drug-likeness (QED) is 0.833. The molecule has 0 saturated carbocycles. The van der Waals surface area contributed by atoms with Crippen LogP contribution in [-0.4, -0.2) is 38.3 Å². The Morgan fingerprint density at radius 2 is 2.19 bits per heavy atom. The fourth-order valence-corrected chi connectivity index (χ4v) is 3.24. The standard InChI is InChI=1S/C17H24N2O2/c1-2-7-18-16-11-21-10-15(16)17(20)19-9-13-8-12-5-3-4-6-14(12)13/h3-6,13,15-16,18H,2,7-11H2,1H3,(H,19,20). The summed E-state index contributed by atoms with van der Waals surface area (Å²) in [6.45, 7) is 4.99. The molecule has 1 heterocycles. The van der Waals surface area contributed by atoms with E-state index >= 15 is 0 Å². The summed E-state index contributed by atoms with van der Waals surface area (Å²) in [4.78, 5) is 12.3. The Labute approximate surface area is 126 Å². The van der Waals surface area contributed by atoms with Crippen LogP contribution in [0.5, 0.6) is 0 Å². The molecule has 21 heavy (non-hydrogen) atoms. The smallest absolute Gasteiger partial charge is 0.227 e.